The number of ether oxygens (including phenoxy) is 2. The smallest absolute Gasteiger partial charge is 0.419 e. The summed E-state index contributed by atoms with van der Waals surface area (Å²) in [4.78, 5) is 0. The number of rotatable bonds is 9. The van der Waals surface area contributed by atoms with Crippen molar-refractivity contribution in [1.82, 2.24) is 5.32 Å². The van der Waals surface area contributed by atoms with Crippen molar-refractivity contribution >= 4 is 0 Å². The highest BCUT2D eigenvalue weighted by molar-refractivity contribution is 5.39. The minimum absolute atomic E-state index is 0.148. The number of hydrogen-bond acceptors (Lipinski definition) is 3. The van der Waals surface area contributed by atoms with Gasteiger partial charge in [-0.3, -0.25) is 0 Å². The molecule has 0 amide bonds. The lowest BCUT2D eigenvalue weighted by molar-refractivity contribution is -0.139. The Labute approximate surface area is 122 Å². The van der Waals surface area contributed by atoms with Crippen LogP contribution in [0.5, 0.6) is 5.75 Å². The molecule has 0 aliphatic carbocycles. The zero-order valence-electron chi connectivity index (χ0n) is 12.0. The van der Waals surface area contributed by atoms with Crippen LogP contribution in [0.3, 0.4) is 0 Å². The first-order chi connectivity index (χ1) is 9.99. The van der Waals surface area contributed by atoms with Gasteiger partial charge in [-0.15, -0.1) is 6.58 Å². The molecule has 0 bridgehead atoms. The van der Waals surface area contributed by atoms with Crippen LogP contribution in [0.4, 0.5) is 13.2 Å². The summed E-state index contributed by atoms with van der Waals surface area (Å²) >= 11 is 0. The zero-order valence-corrected chi connectivity index (χ0v) is 12.0. The Morgan fingerprint density at radius 2 is 2.05 bits per heavy atom. The van der Waals surface area contributed by atoms with Gasteiger partial charge in [-0.1, -0.05) is 12.1 Å². The molecule has 21 heavy (non-hydrogen) atoms. The molecule has 3 nitrogen and oxygen atoms in total. The lowest BCUT2D eigenvalue weighted by atomic mass is 10.1. The van der Waals surface area contributed by atoms with Crippen molar-refractivity contribution in [2.45, 2.75) is 19.1 Å². The van der Waals surface area contributed by atoms with E-state index in [1.807, 2.05) is 0 Å². The van der Waals surface area contributed by atoms with Gasteiger partial charge in [-0.2, -0.15) is 13.2 Å². The quantitative estimate of drug-likeness (QED) is 0.560. The topological polar surface area (TPSA) is 30.5 Å². The average molecular weight is 303 g/mol. The highest BCUT2D eigenvalue weighted by Crippen LogP contribution is 2.36. The second kappa shape index (κ2) is 8.69. The highest BCUT2D eigenvalue weighted by Gasteiger charge is 2.34. The van der Waals surface area contributed by atoms with E-state index in [1.54, 1.807) is 19.3 Å². The largest absolute Gasteiger partial charge is 0.493 e. The molecule has 118 valence electrons. The number of halogens is 3. The number of alkyl halides is 3. The van der Waals surface area contributed by atoms with E-state index in [2.05, 4.69) is 11.9 Å². The molecule has 0 aromatic heterocycles. The molecule has 1 aromatic rings. The van der Waals surface area contributed by atoms with E-state index in [4.69, 9.17) is 9.47 Å². The number of hydrogen-bond donors (Lipinski definition) is 1. The lowest BCUT2D eigenvalue weighted by Crippen LogP contribution is -2.19. The predicted octanol–water partition coefficient (Wildman–Crippen LogP) is 3.40. The van der Waals surface area contributed by atoms with E-state index < -0.39 is 11.7 Å². The third kappa shape index (κ3) is 6.18. The molecule has 0 atom stereocenters. The Balaban J connectivity index is 2.78. The van der Waals surface area contributed by atoms with E-state index in [1.165, 1.54) is 6.07 Å². The van der Waals surface area contributed by atoms with Crippen LogP contribution in [0.2, 0.25) is 0 Å². The minimum atomic E-state index is -4.44. The van der Waals surface area contributed by atoms with E-state index in [0.717, 1.165) is 6.07 Å². The molecule has 0 radical (unpaired) electrons. The monoisotopic (exact) mass is 303 g/mol. The molecular formula is C15H20F3NO2. The van der Waals surface area contributed by atoms with E-state index in [-0.39, 0.29) is 12.4 Å². The Morgan fingerprint density at radius 1 is 1.29 bits per heavy atom. The average Bonchev–Trinajstić information content (AvgIpc) is 2.44. The van der Waals surface area contributed by atoms with Crippen molar-refractivity contribution in [3.05, 3.63) is 42.0 Å². The molecule has 0 saturated heterocycles. The van der Waals surface area contributed by atoms with Gasteiger partial charge >= 0.3 is 6.18 Å². The summed E-state index contributed by atoms with van der Waals surface area (Å²) < 4.78 is 49.2. The van der Waals surface area contributed by atoms with Crippen LogP contribution in [0.1, 0.15) is 17.5 Å². The van der Waals surface area contributed by atoms with Gasteiger partial charge in [0.1, 0.15) is 5.75 Å². The third-order valence-corrected chi connectivity index (χ3v) is 2.74. The summed E-state index contributed by atoms with van der Waals surface area (Å²) in [5.41, 5.74) is -0.202. The zero-order chi connectivity index (χ0) is 15.7. The van der Waals surface area contributed by atoms with Crippen molar-refractivity contribution < 1.29 is 22.6 Å². The van der Waals surface area contributed by atoms with Gasteiger partial charge in [-0.25, -0.2) is 0 Å². The van der Waals surface area contributed by atoms with E-state index >= 15 is 0 Å². The maximum atomic E-state index is 13.0. The fraction of sp³-hybridized carbons (Fsp3) is 0.467. The number of benzene rings is 1. The summed E-state index contributed by atoms with van der Waals surface area (Å²) in [7, 11) is 1.57. The molecule has 0 aliphatic heterocycles. The van der Waals surface area contributed by atoms with Gasteiger partial charge in [-0.05, 0) is 24.1 Å². The molecular weight excluding hydrogens is 283 g/mol. The fourth-order valence-corrected chi connectivity index (χ4v) is 1.69. The lowest BCUT2D eigenvalue weighted by Gasteiger charge is -2.15. The Hall–Kier alpha value is -1.53. The number of methoxy groups -OCH3 is 1. The van der Waals surface area contributed by atoms with Crippen molar-refractivity contribution in [2.24, 2.45) is 0 Å². The molecule has 0 aliphatic rings. The molecule has 0 heterocycles. The van der Waals surface area contributed by atoms with Crippen molar-refractivity contribution in [2.75, 3.05) is 26.9 Å². The summed E-state index contributed by atoms with van der Waals surface area (Å²) in [5, 5.41) is 3.01. The summed E-state index contributed by atoms with van der Waals surface area (Å²) in [6.07, 6.45) is -2.34. The van der Waals surface area contributed by atoms with Gasteiger partial charge < -0.3 is 14.8 Å². The molecule has 0 saturated carbocycles. The van der Waals surface area contributed by atoms with Gasteiger partial charge in [0.2, 0.25) is 0 Å². The maximum absolute atomic E-state index is 13.0. The maximum Gasteiger partial charge on any atom is 0.419 e. The van der Waals surface area contributed by atoms with Crippen molar-refractivity contribution in [3.63, 3.8) is 0 Å². The second-order valence-electron chi connectivity index (χ2n) is 4.42. The third-order valence-electron chi connectivity index (χ3n) is 2.74. The van der Waals surface area contributed by atoms with Crippen LogP contribution in [0, 0.1) is 0 Å². The van der Waals surface area contributed by atoms with Crippen LogP contribution in [-0.4, -0.2) is 26.9 Å². The SMILES string of the molecule is C=CCCOc1ccc(CNCCOC)cc1C(F)(F)F. The summed E-state index contributed by atoms with van der Waals surface area (Å²) in [6.45, 7) is 5.12. The second-order valence-corrected chi connectivity index (χ2v) is 4.42. The molecule has 1 aromatic carbocycles. The molecule has 6 heteroatoms. The molecule has 1 rings (SSSR count). The van der Waals surface area contributed by atoms with Crippen LogP contribution in [0.25, 0.3) is 0 Å². The summed E-state index contributed by atoms with van der Waals surface area (Å²) in [5.74, 6) is -0.148. The molecule has 0 spiro atoms. The first-order valence-corrected chi connectivity index (χ1v) is 6.62. The first kappa shape index (κ1) is 17.5. The molecule has 0 unspecified atom stereocenters. The fourth-order valence-electron chi connectivity index (χ4n) is 1.69. The highest BCUT2D eigenvalue weighted by atomic mass is 19.4. The standard InChI is InChI=1S/C15H20F3NO2/c1-3-4-8-21-14-6-5-12(11-19-7-9-20-2)10-13(14)15(16,17)18/h3,5-6,10,19H,1,4,7-9,11H2,2H3. The van der Waals surface area contributed by atoms with Crippen LogP contribution in [0.15, 0.2) is 30.9 Å². The predicted molar refractivity (Wildman–Crippen MR) is 75.3 cm³/mol. The Morgan fingerprint density at radius 3 is 2.67 bits per heavy atom. The Kier molecular flexibility index (Phi) is 7.25. The van der Waals surface area contributed by atoms with Crippen molar-refractivity contribution in [3.8, 4) is 5.75 Å². The van der Waals surface area contributed by atoms with Gasteiger partial charge in [0, 0.05) is 20.2 Å². The van der Waals surface area contributed by atoms with Gasteiger partial charge in [0.25, 0.3) is 0 Å². The van der Waals surface area contributed by atoms with E-state index in [0.29, 0.717) is 31.7 Å². The minimum Gasteiger partial charge on any atom is -0.493 e. The van der Waals surface area contributed by atoms with Crippen LogP contribution >= 0.6 is 0 Å². The first-order valence-electron chi connectivity index (χ1n) is 6.62. The van der Waals surface area contributed by atoms with E-state index in [9.17, 15) is 13.2 Å². The van der Waals surface area contributed by atoms with Crippen LogP contribution in [-0.2, 0) is 17.5 Å². The molecule has 1 N–H and O–H groups in total. The molecule has 0 fully saturated rings. The van der Waals surface area contributed by atoms with Crippen molar-refractivity contribution in [1.29, 1.82) is 0 Å². The summed E-state index contributed by atoms with van der Waals surface area (Å²) in [6, 6.07) is 4.10. The number of nitrogens with one attached hydrogen (secondary N) is 1. The normalized spacial score (nSPS) is 11.4. The van der Waals surface area contributed by atoms with Crippen LogP contribution < -0.4 is 10.1 Å². The Bertz CT molecular complexity index is 447. The van der Waals surface area contributed by atoms with Gasteiger partial charge in [0.05, 0.1) is 18.8 Å². The van der Waals surface area contributed by atoms with Gasteiger partial charge in [0.15, 0.2) is 0 Å².